The number of aliphatic carboxylic acids is 1. The molecule has 2 amide bonds. The zero-order chi connectivity index (χ0) is 17.1. The van der Waals surface area contributed by atoms with Gasteiger partial charge in [0.05, 0.1) is 5.69 Å². The van der Waals surface area contributed by atoms with Crippen LogP contribution >= 0.6 is 15.9 Å². The lowest BCUT2D eigenvalue weighted by Gasteiger charge is -2.21. The van der Waals surface area contributed by atoms with E-state index in [-0.39, 0.29) is 11.8 Å². The molecule has 0 bridgehead atoms. The number of benzene rings is 1. The molecule has 1 fully saturated rings. The van der Waals surface area contributed by atoms with E-state index in [9.17, 15) is 14.4 Å². The van der Waals surface area contributed by atoms with Gasteiger partial charge in [0.1, 0.15) is 12.0 Å². The van der Waals surface area contributed by atoms with Crippen LogP contribution in [0.25, 0.3) is 0 Å². The van der Waals surface area contributed by atoms with Crippen LogP contribution in [0.2, 0.25) is 0 Å². The van der Waals surface area contributed by atoms with Gasteiger partial charge in [-0.15, -0.1) is 0 Å². The maximum absolute atomic E-state index is 12.5. The number of carboxylic acids is 1. The van der Waals surface area contributed by atoms with Crippen LogP contribution in [0.4, 0.5) is 5.69 Å². The summed E-state index contributed by atoms with van der Waals surface area (Å²) in [5.74, 6) is -3.02. The Kier molecular flexibility index (Phi) is 5.41. The summed E-state index contributed by atoms with van der Waals surface area (Å²) in [5, 5.41) is 11.6. The number of carbonyl (C=O) groups excluding carboxylic acids is 2. The number of hydrogen-bond donors (Lipinski definition) is 2. The minimum atomic E-state index is -1.10. The molecule has 0 spiro atoms. The zero-order valence-corrected chi connectivity index (χ0v) is 14.5. The zero-order valence-electron chi connectivity index (χ0n) is 13.0. The summed E-state index contributed by atoms with van der Waals surface area (Å²) in [6.45, 7) is 3.85. The first-order valence-electron chi connectivity index (χ1n) is 7.42. The fraction of sp³-hybridized carbons (Fsp3) is 0.438. The molecular weight excluding hydrogens is 364 g/mol. The Bertz CT molecular complexity index is 632. The number of anilines is 1. The molecule has 0 radical (unpaired) electrons. The van der Waals surface area contributed by atoms with Crippen LogP contribution in [0.1, 0.15) is 20.3 Å². The van der Waals surface area contributed by atoms with Crippen molar-refractivity contribution < 1.29 is 19.5 Å². The normalized spacial score (nSPS) is 19.0. The number of hydrogen-bond acceptors (Lipinski definition) is 3. The molecule has 0 aromatic heterocycles. The lowest BCUT2D eigenvalue weighted by Crippen LogP contribution is -2.48. The van der Waals surface area contributed by atoms with Crippen molar-refractivity contribution in [2.24, 2.45) is 11.8 Å². The van der Waals surface area contributed by atoms with Gasteiger partial charge in [0.25, 0.3) is 0 Å². The third-order valence-electron chi connectivity index (χ3n) is 3.90. The van der Waals surface area contributed by atoms with Gasteiger partial charge in [-0.3, -0.25) is 9.59 Å². The van der Waals surface area contributed by atoms with Gasteiger partial charge in [-0.25, -0.2) is 4.79 Å². The number of carboxylic acid groups (broad SMARTS) is 1. The SMILES string of the molecule is CC(C)[C@@H](NC(=O)C1CCN(c2ccccc2Br)C1=O)C(=O)O. The minimum Gasteiger partial charge on any atom is -0.480 e. The largest absolute Gasteiger partial charge is 0.480 e. The van der Waals surface area contributed by atoms with Crippen molar-refractivity contribution in [2.75, 3.05) is 11.4 Å². The summed E-state index contributed by atoms with van der Waals surface area (Å²) in [5.41, 5.74) is 0.714. The van der Waals surface area contributed by atoms with E-state index in [0.29, 0.717) is 18.7 Å². The first-order chi connectivity index (χ1) is 10.8. The van der Waals surface area contributed by atoms with Crippen LogP contribution < -0.4 is 10.2 Å². The molecule has 0 saturated carbocycles. The smallest absolute Gasteiger partial charge is 0.326 e. The maximum atomic E-state index is 12.5. The van der Waals surface area contributed by atoms with E-state index in [1.54, 1.807) is 24.8 Å². The molecule has 1 aromatic rings. The number of amides is 2. The molecule has 1 heterocycles. The highest BCUT2D eigenvalue weighted by Gasteiger charge is 2.39. The Morgan fingerprint density at radius 2 is 2.00 bits per heavy atom. The van der Waals surface area contributed by atoms with Gasteiger partial charge in [0, 0.05) is 11.0 Å². The Hall–Kier alpha value is -1.89. The van der Waals surface area contributed by atoms with Crippen LogP contribution in [0.5, 0.6) is 0 Å². The van der Waals surface area contributed by atoms with E-state index >= 15 is 0 Å². The molecule has 0 aliphatic carbocycles. The molecule has 124 valence electrons. The van der Waals surface area contributed by atoms with Gasteiger partial charge in [-0.1, -0.05) is 26.0 Å². The highest BCUT2D eigenvalue weighted by Crippen LogP contribution is 2.31. The summed E-state index contributed by atoms with van der Waals surface area (Å²) < 4.78 is 0.778. The fourth-order valence-corrected chi connectivity index (χ4v) is 3.10. The van der Waals surface area contributed by atoms with Gasteiger partial charge in [-0.05, 0) is 40.4 Å². The molecule has 1 saturated heterocycles. The second-order valence-electron chi connectivity index (χ2n) is 5.85. The lowest BCUT2D eigenvalue weighted by molar-refractivity contribution is -0.144. The maximum Gasteiger partial charge on any atom is 0.326 e. The van der Waals surface area contributed by atoms with Crippen molar-refractivity contribution in [3.8, 4) is 0 Å². The monoisotopic (exact) mass is 382 g/mol. The number of para-hydroxylation sites is 1. The predicted octanol–water partition coefficient (Wildman–Crippen LogP) is 2.03. The molecule has 23 heavy (non-hydrogen) atoms. The van der Waals surface area contributed by atoms with E-state index in [0.717, 1.165) is 4.47 Å². The van der Waals surface area contributed by atoms with E-state index in [2.05, 4.69) is 21.2 Å². The van der Waals surface area contributed by atoms with Crippen LogP contribution in [0, 0.1) is 11.8 Å². The molecule has 2 N–H and O–H groups in total. The number of nitrogens with one attached hydrogen (secondary N) is 1. The van der Waals surface area contributed by atoms with E-state index in [4.69, 9.17) is 5.11 Å². The Balaban J connectivity index is 2.11. The predicted molar refractivity (Wildman–Crippen MR) is 89.0 cm³/mol. The van der Waals surface area contributed by atoms with Crippen molar-refractivity contribution in [2.45, 2.75) is 26.3 Å². The summed E-state index contributed by atoms with van der Waals surface area (Å²) in [7, 11) is 0. The summed E-state index contributed by atoms with van der Waals surface area (Å²) >= 11 is 3.40. The fourth-order valence-electron chi connectivity index (χ4n) is 2.60. The van der Waals surface area contributed by atoms with Crippen LogP contribution in [0.3, 0.4) is 0 Å². The first kappa shape index (κ1) is 17.5. The minimum absolute atomic E-state index is 0.257. The molecule has 6 nitrogen and oxygen atoms in total. The second kappa shape index (κ2) is 7.12. The Morgan fingerprint density at radius 1 is 1.35 bits per heavy atom. The molecule has 7 heteroatoms. The highest BCUT2D eigenvalue weighted by molar-refractivity contribution is 9.10. The Morgan fingerprint density at radius 3 is 2.57 bits per heavy atom. The standard InChI is InChI=1S/C16H19BrN2O4/c1-9(2)13(16(22)23)18-14(20)10-7-8-19(15(10)21)12-6-4-3-5-11(12)17/h3-6,9-10,13H,7-8H2,1-2H3,(H,18,20)(H,22,23)/t10?,13-/m1/s1. The topological polar surface area (TPSA) is 86.7 Å². The molecule has 2 rings (SSSR count). The van der Waals surface area contributed by atoms with E-state index < -0.39 is 23.8 Å². The van der Waals surface area contributed by atoms with Crippen molar-refractivity contribution >= 4 is 39.4 Å². The third-order valence-corrected chi connectivity index (χ3v) is 4.57. The molecule has 1 aliphatic heterocycles. The quantitative estimate of drug-likeness (QED) is 0.762. The summed E-state index contributed by atoms with van der Waals surface area (Å²) in [6.07, 6.45) is 0.371. The van der Waals surface area contributed by atoms with Gasteiger partial charge in [0.15, 0.2) is 0 Å². The van der Waals surface area contributed by atoms with Crippen LogP contribution in [0.15, 0.2) is 28.7 Å². The average molecular weight is 383 g/mol. The number of carbonyl (C=O) groups is 3. The second-order valence-corrected chi connectivity index (χ2v) is 6.71. The molecule has 2 atom stereocenters. The summed E-state index contributed by atoms with van der Waals surface area (Å²) in [6, 6.07) is 6.30. The highest BCUT2D eigenvalue weighted by atomic mass is 79.9. The summed E-state index contributed by atoms with van der Waals surface area (Å²) in [4.78, 5) is 37.6. The van der Waals surface area contributed by atoms with E-state index in [1.807, 2.05) is 18.2 Å². The van der Waals surface area contributed by atoms with Gasteiger partial charge in [-0.2, -0.15) is 0 Å². The average Bonchev–Trinajstić information content (AvgIpc) is 2.86. The number of halogens is 1. The first-order valence-corrected chi connectivity index (χ1v) is 8.21. The third kappa shape index (κ3) is 3.72. The van der Waals surface area contributed by atoms with Crippen molar-refractivity contribution in [3.05, 3.63) is 28.7 Å². The van der Waals surface area contributed by atoms with Gasteiger partial charge < -0.3 is 15.3 Å². The Labute approximate surface area is 143 Å². The number of nitrogens with zero attached hydrogens (tertiary/aromatic N) is 1. The van der Waals surface area contributed by atoms with E-state index in [1.165, 1.54) is 0 Å². The number of rotatable bonds is 5. The molecular formula is C16H19BrN2O4. The lowest BCUT2D eigenvalue weighted by atomic mass is 10.0. The van der Waals surface area contributed by atoms with Gasteiger partial charge >= 0.3 is 5.97 Å². The van der Waals surface area contributed by atoms with Crippen molar-refractivity contribution in [1.29, 1.82) is 0 Å². The van der Waals surface area contributed by atoms with Crippen LogP contribution in [-0.2, 0) is 14.4 Å². The molecule has 1 unspecified atom stereocenters. The van der Waals surface area contributed by atoms with Crippen molar-refractivity contribution in [3.63, 3.8) is 0 Å². The molecule has 1 aliphatic rings. The molecule has 1 aromatic carbocycles. The van der Waals surface area contributed by atoms with Gasteiger partial charge in [0.2, 0.25) is 11.8 Å². The van der Waals surface area contributed by atoms with Crippen LogP contribution in [-0.4, -0.2) is 35.5 Å². The van der Waals surface area contributed by atoms with Crippen molar-refractivity contribution in [1.82, 2.24) is 5.32 Å².